The summed E-state index contributed by atoms with van der Waals surface area (Å²) in [6, 6.07) is 20.4. The highest BCUT2D eigenvalue weighted by molar-refractivity contribution is 5.77. The first-order valence-corrected chi connectivity index (χ1v) is 8.92. The maximum absolute atomic E-state index is 12.4. The van der Waals surface area contributed by atoms with Crippen molar-refractivity contribution in [2.75, 3.05) is 0 Å². The van der Waals surface area contributed by atoms with Gasteiger partial charge in [-0.15, -0.1) is 0 Å². The number of imidazole rings is 1. The number of rotatable bonds is 5. The van der Waals surface area contributed by atoms with Crippen molar-refractivity contribution >= 4 is 16.9 Å². The number of fused-ring (bicyclic) bond motifs is 1. The minimum atomic E-state index is -0.322. The van der Waals surface area contributed by atoms with E-state index in [0.29, 0.717) is 5.69 Å². The van der Waals surface area contributed by atoms with Crippen LogP contribution in [0.2, 0.25) is 0 Å². The second-order valence-electron chi connectivity index (χ2n) is 6.43. The van der Waals surface area contributed by atoms with Crippen LogP contribution in [0.1, 0.15) is 5.82 Å². The number of aryl methyl sites for hydroxylation is 1. The molecule has 7 heteroatoms. The molecule has 1 amide bonds. The Kier molecular flexibility index (Phi) is 4.72. The number of benzene rings is 2. The Bertz CT molecular complexity index is 1190. The molecule has 4 aromatic rings. The molecule has 0 unspecified atom stereocenters. The summed E-state index contributed by atoms with van der Waals surface area (Å²) in [6.45, 7) is 0.126. The monoisotopic (exact) mass is 373 g/mol. The molecule has 0 aliphatic heterocycles. The number of aromatic nitrogens is 4. The molecule has 2 aromatic carbocycles. The van der Waals surface area contributed by atoms with Gasteiger partial charge >= 0.3 is 0 Å². The molecule has 140 valence electrons. The molecule has 0 aliphatic rings. The van der Waals surface area contributed by atoms with Crippen molar-refractivity contribution in [3.8, 4) is 11.3 Å². The summed E-state index contributed by atoms with van der Waals surface area (Å²) in [5, 5.41) is 7.13. The van der Waals surface area contributed by atoms with E-state index in [9.17, 15) is 9.59 Å². The van der Waals surface area contributed by atoms with Crippen molar-refractivity contribution in [1.82, 2.24) is 24.6 Å². The lowest BCUT2D eigenvalue weighted by molar-refractivity contribution is -0.122. The van der Waals surface area contributed by atoms with Gasteiger partial charge in [0, 0.05) is 18.7 Å². The fourth-order valence-corrected chi connectivity index (χ4v) is 3.05. The van der Waals surface area contributed by atoms with Crippen LogP contribution in [0.3, 0.4) is 0 Å². The maximum Gasteiger partial charge on any atom is 0.267 e. The zero-order valence-corrected chi connectivity index (χ0v) is 15.4. The average molecular weight is 373 g/mol. The molecule has 0 radical (unpaired) electrons. The van der Waals surface area contributed by atoms with Crippen molar-refractivity contribution in [1.29, 1.82) is 0 Å². The van der Waals surface area contributed by atoms with Gasteiger partial charge in [-0.05, 0) is 18.2 Å². The Morgan fingerprint density at radius 3 is 2.54 bits per heavy atom. The molecule has 7 nitrogen and oxygen atoms in total. The predicted octanol–water partition coefficient (Wildman–Crippen LogP) is 2.11. The highest BCUT2D eigenvalue weighted by atomic mass is 16.2. The third-order valence-electron chi connectivity index (χ3n) is 4.55. The first-order chi connectivity index (χ1) is 13.6. The fourth-order valence-electron chi connectivity index (χ4n) is 3.05. The number of amides is 1. The minimum absolute atomic E-state index is 0.149. The molecule has 28 heavy (non-hydrogen) atoms. The molecule has 2 heterocycles. The van der Waals surface area contributed by atoms with Crippen molar-refractivity contribution in [3.63, 3.8) is 0 Å². The molecule has 0 spiro atoms. The van der Waals surface area contributed by atoms with E-state index < -0.39 is 0 Å². The van der Waals surface area contributed by atoms with Crippen molar-refractivity contribution in [2.24, 2.45) is 7.05 Å². The number of hydrogen-bond donors (Lipinski definition) is 1. The second-order valence-corrected chi connectivity index (χ2v) is 6.43. The van der Waals surface area contributed by atoms with Gasteiger partial charge in [0.25, 0.3) is 5.56 Å². The van der Waals surface area contributed by atoms with Crippen molar-refractivity contribution in [2.45, 2.75) is 13.1 Å². The second kappa shape index (κ2) is 7.48. The topological polar surface area (TPSA) is 81.8 Å². The van der Waals surface area contributed by atoms with Crippen LogP contribution < -0.4 is 10.9 Å². The van der Waals surface area contributed by atoms with E-state index in [1.54, 1.807) is 6.07 Å². The van der Waals surface area contributed by atoms with Gasteiger partial charge in [0.05, 0.1) is 23.3 Å². The Morgan fingerprint density at radius 2 is 1.75 bits per heavy atom. The Hall–Kier alpha value is -3.74. The number of nitrogens with one attached hydrogen (secondary N) is 1. The third-order valence-corrected chi connectivity index (χ3v) is 4.55. The molecule has 0 atom stereocenters. The van der Waals surface area contributed by atoms with Gasteiger partial charge in [-0.3, -0.25) is 9.59 Å². The number of hydrogen-bond acceptors (Lipinski definition) is 4. The number of carbonyl (C=O) groups excluding carboxylic acids is 1. The van der Waals surface area contributed by atoms with E-state index in [2.05, 4.69) is 15.4 Å². The van der Waals surface area contributed by atoms with E-state index in [1.165, 1.54) is 10.7 Å². The summed E-state index contributed by atoms with van der Waals surface area (Å²) in [4.78, 5) is 29.0. The van der Waals surface area contributed by atoms with Gasteiger partial charge in [-0.2, -0.15) is 5.10 Å². The molecule has 0 aliphatic carbocycles. The molecule has 0 bridgehead atoms. The zero-order valence-electron chi connectivity index (χ0n) is 15.4. The largest absolute Gasteiger partial charge is 0.347 e. The van der Waals surface area contributed by atoms with E-state index in [-0.39, 0.29) is 24.6 Å². The lowest BCUT2D eigenvalue weighted by Gasteiger charge is -2.08. The van der Waals surface area contributed by atoms with Crippen molar-refractivity contribution in [3.05, 3.63) is 82.9 Å². The molecule has 0 fully saturated rings. The van der Waals surface area contributed by atoms with E-state index in [4.69, 9.17) is 0 Å². The Morgan fingerprint density at radius 1 is 1.00 bits per heavy atom. The van der Waals surface area contributed by atoms with Crippen LogP contribution in [-0.2, 0) is 24.9 Å². The lowest BCUT2D eigenvalue weighted by Crippen LogP contribution is -2.33. The highest BCUT2D eigenvalue weighted by Crippen LogP contribution is 2.15. The summed E-state index contributed by atoms with van der Waals surface area (Å²) in [7, 11) is 1.91. The van der Waals surface area contributed by atoms with Gasteiger partial charge in [-0.25, -0.2) is 9.67 Å². The number of carbonyl (C=O) groups is 1. The first kappa shape index (κ1) is 17.7. The van der Waals surface area contributed by atoms with Crippen LogP contribution in [0.15, 0.2) is 71.5 Å². The minimum Gasteiger partial charge on any atom is -0.347 e. The normalized spacial score (nSPS) is 10.9. The molecule has 0 saturated carbocycles. The van der Waals surface area contributed by atoms with Gasteiger partial charge in [0.1, 0.15) is 12.4 Å². The molecule has 4 rings (SSSR count). The smallest absolute Gasteiger partial charge is 0.267 e. The van der Waals surface area contributed by atoms with Gasteiger partial charge in [0.2, 0.25) is 5.91 Å². The first-order valence-electron chi connectivity index (χ1n) is 8.92. The summed E-state index contributed by atoms with van der Waals surface area (Å²) < 4.78 is 3.11. The van der Waals surface area contributed by atoms with E-state index in [1.807, 2.05) is 66.2 Å². The molecule has 2 aromatic heterocycles. The van der Waals surface area contributed by atoms with Crippen LogP contribution >= 0.6 is 0 Å². The van der Waals surface area contributed by atoms with Gasteiger partial charge < -0.3 is 9.88 Å². The average Bonchev–Trinajstić information content (AvgIpc) is 3.05. The summed E-state index contributed by atoms with van der Waals surface area (Å²) >= 11 is 0. The van der Waals surface area contributed by atoms with Crippen molar-refractivity contribution < 1.29 is 4.79 Å². The third kappa shape index (κ3) is 3.55. The standard InChI is InChI=1S/C21H19N5O2/c1-25-18-10-6-5-9-17(18)23-19(25)13-22-20(27)14-26-21(28)12-11-16(24-26)15-7-3-2-4-8-15/h2-12H,13-14H2,1H3,(H,22,27). The van der Waals surface area contributed by atoms with E-state index in [0.717, 1.165) is 22.4 Å². The lowest BCUT2D eigenvalue weighted by atomic mass is 10.1. The molecular weight excluding hydrogens is 354 g/mol. The quantitative estimate of drug-likeness (QED) is 0.581. The SMILES string of the molecule is Cn1c(CNC(=O)Cn2nc(-c3ccccc3)ccc2=O)nc2ccccc21. The van der Waals surface area contributed by atoms with Gasteiger partial charge in [-0.1, -0.05) is 42.5 Å². The van der Waals surface area contributed by atoms with Crippen LogP contribution in [0.5, 0.6) is 0 Å². The number of nitrogens with zero attached hydrogens (tertiary/aromatic N) is 4. The summed E-state index contributed by atoms with van der Waals surface area (Å²) in [5.74, 6) is 0.444. The van der Waals surface area contributed by atoms with Crippen LogP contribution in [-0.4, -0.2) is 25.2 Å². The van der Waals surface area contributed by atoms with E-state index >= 15 is 0 Å². The molecule has 0 saturated heterocycles. The summed E-state index contributed by atoms with van der Waals surface area (Å²) in [6.07, 6.45) is 0. The van der Waals surface area contributed by atoms with Crippen LogP contribution in [0.4, 0.5) is 0 Å². The maximum atomic E-state index is 12.4. The fraction of sp³-hybridized carbons (Fsp3) is 0.143. The van der Waals surface area contributed by atoms with Crippen LogP contribution in [0, 0.1) is 0 Å². The predicted molar refractivity (Wildman–Crippen MR) is 106 cm³/mol. The Balaban J connectivity index is 1.48. The highest BCUT2D eigenvalue weighted by Gasteiger charge is 2.11. The van der Waals surface area contributed by atoms with Crippen LogP contribution in [0.25, 0.3) is 22.3 Å². The molecular formula is C21H19N5O2. The number of para-hydroxylation sites is 2. The zero-order chi connectivity index (χ0) is 19.5. The summed E-state index contributed by atoms with van der Waals surface area (Å²) in [5.41, 5.74) is 3.08. The Labute approximate surface area is 161 Å². The van der Waals surface area contributed by atoms with Gasteiger partial charge in [0.15, 0.2) is 0 Å². The molecule has 1 N–H and O–H groups in total.